The third-order valence-corrected chi connectivity index (χ3v) is 2.88. The topological polar surface area (TPSA) is 72.9 Å². The highest BCUT2D eigenvalue weighted by molar-refractivity contribution is 7.72. The molecule has 1 amide bonds. The number of carbonyl (C=O) groups is 1. The summed E-state index contributed by atoms with van der Waals surface area (Å²) in [6.45, 7) is 7.03. The Labute approximate surface area is 109 Å². The van der Waals surface area contributed by atoms with Crippen LogP contribution in [0.25, 0.3) is 0 Å². The largest absolute Gasteiger partial charge is 0.444 e. The van der Waals surface area contributed by atoms with Crippen molar-refractivity contribution in [1.82, 2.24) is 4.90 Å². The van der Waals surface area contributed by atoms with Crippen molar-refractivity contribution in [2.45, 2.75) is 32.8 Å². The molecular formula is C11H21NO5S. The Balaban J connectivity index is 2.30. The van der Waals surface area contributed by atoms with Gasteiger partial charge in [0.25, 0.3) is 0 Å². The van der Waals surface area contributed by atoms with Crippen molar-refractivity contribution in [1.29, 1.82) is 0 Å². The fourth-order valence-electron chi connectivity index (χ4n) is 1.75. The van der Waals surface area contributed by atoms with E-state index in [2.05, 4.69) is 0 Å². The van der Waals surface area contributed by atoms with Crippen molar-refractivity contribution in [2.75, 3.05) is 25.6 Å². The van der Waals surface area contributed by atoms with E-state index in [4.69, 9.17) is 9.47 Å². The number of carbonyl (C=O) groups excluding carboxylic acids is 1. The summed E-state index contributed by atoms with van der Waals surface area (Å²) in [7, 11) is -2.49. The summed E-state index contributed by atoms with van der Waals surface area (Å²) in [4.78, 5) is 13.4. The summed E-state index contributed by atoms with van der Waals surface area (Å²) < 4.78 is 31.0. The number of rotatable bonds is 4. The smallest absolute Gasteiger partial charge is 0.410 e. The zero-order valence-corrected chi connectivity index (χ0v) is 11.9. The van der Waals surface area contributed by atoms with Gasteiger partial charge in [0, 0.05) is 19.0 Å². The van der Waals surface area contributed by atoms with Gasteiger partial charge in [0.2, 0.25) is 0 Å². The van der Waals surface area contributed by atoms with Gasteiger partial charge in [-0.2, -0.15) is 0 Å². The van der Waals surface area contributed by atoms with Gasteiger partial charge >= 0.3 is 6.09 Å². The van der Waals surface area contributed by atoms with Gasteiger partial charge in [0.1, 0.15) is 11.5 Å². The molecule has 18 heavy (non-hydrogen) atoms. The molecule has 0 aliphatic carbocycles. The second-order valence-electron chi connectivity index (χ2n) is 5.41. The van der Waals surface area contributed by atoms with E-state index in [1.807, 2.05) is 20.8 Å². The van der Waals surface area contributed by atoms with E-state index in [1.165, 1.54) is 0 Å². The highest BCUT2D eigenvalue weighted by Crippen LogP contribution is 2.19. The van der Waals surface area contributed by atoms with Crippen LogP contribution in [-0.4, -0.2) is 50.6 Å². The average molecular weight is 279 g/mol. The van der Waals surface area contributed by atoms with Crippen LogP contribution in [0.1, 0.15) is 27.2 Å². The van der Waals surface area contributed by atoms with Gasteiger partial charge in [-0.1, -0.05) is 0 Å². The fraction of sp³-hybridized carbons (Fsp3) is 0.909. The maximum absolute atomic E-state index is 11.8. The van der Waals surface area contributed by atoms with E-state index < -0.39 is 16.3 Å². The first-order valence-electron chi connectivity index (χ1n) is 5.95. The zero-order valence-electron chi connectivity index (χ0n) is 11.0. The molecule has 1 saturated heterocycles. The molecule has 0 radical (unpaired) electrons. The average Bonchev–Trinajstić information content (AvgIpc) is 2.63. The highest BCUT2D eigenvalue weighted by atomic mass is 32.2. The number of thiol groups is 1. The van der Waals surface area contributed by atoms with Crippen LogP contribution in [-0.2, 0) is 20.2 Å². The molecule has 1 aliphatic rings. The van der Waals surface area contributed by atoms with Crippen LogP contribution >= 0.6 is 0 Å². The van der Waals surface area contributed by atoms with Crippen LogP contribution in [0.15, 0.2) is 0 Å². The quantitative estimate of drug-likeness (QED) is 0.772. The number of ether oxygens (including phenoxy) is 2. The first-order valence-corrected chi connectivity index (χ1v) is 7.31. The number of amides is 1. The number of hydrogen-bond acceptors (Lipinski definition) is 5. The monoisotopic (exact) mass is 279 g/mol. The Hall–Kier alpha value is -0.820. The molecule has 1 fully saturated rings. The van der Waals surface area contributed by atoms with E-state index in [0.717, 1.165) is 6.42 Å². The van der Waals surface area contributed by atoms with Crippen molar-refractivity contribution in [3.05, 3.63) is 0 Å². The maximum atomic E-state index is 11.8. The molecule has 7 heteroatoms. The van der Waals surface area contributed by atoms with E-state index in [0.29, 0.717) is 19.7 Å². The number of likely N-dealkylation sites (tertiary alicyclic amines) is 1. The Kier molecular flexibility index (Phi) is 5.40. The van der Waals surface area contributed by atoms with Gasteiger partial charge in [-0.3, -0.25) is 0 Å². The molecule has 1 rings (SSSR count). The lowest BCUT2D eigenvalue weighted by Gasteiger charge is -2.24. The van der Waals surface area contributed by atoms with E-state index in [1.54, 1.807) is 4.90 Å². The SMILES string of the molecule is CC(C)(C)OC(=O)N1CC[C@H](COC[SH](=O)=O)C1. The van der Waals surface area contributed by atoms with E-state index >= 15 is 0 Å². The predicted molar refractivity (Wildman–Crippen MR) is 67.0 cm³/mol. The van der Waals surface area contributed by atoms with Crippen LogP contribution < -0.4 is 0 Å². The number of hydrogen-bond donors (Lipinski definition) is 1. The lowest BCUT2D eigenvalue weighted by molar-refractivity contribution is 0.0279. The number of nitrogens with zero attached hydrogens (tertiary/aromatic N) is 1. The van der Waals surface area contributed by atoms with E-state index in [9.17, 15) is 13.2 Å². The molecule has 6 nitrogen and oxygen atoms in total. The summed E-state index contributed by atoms with van der Waals surface area (Å²) in [5.74, 6) is -0.0642. The molecule has 1 heterocycles. The molecule has 1 atom stereocenters. The molecule has 0 aromatic rings. The Morgan fingerprint density at radius 1 is 1.39 bits per heavy atom. The summed E-state index contributed by atoms with van der Waals surface area (Å²) in [6, 6.07) is 0. The minimum Gasteiger partial charge on any atom is -0.444 e. The zero-order chi connectivity index (χ0) is 13.8. The van der Waals surface area contributed by atoms with Crippen LogP contribution in [0.5, 0.6) is 0 Å². The predicted octanol–water partition coefficient (Wildman–Crippen LogP) is 0.829. The standard InChI is InChI=1S/C11H21NO5S/c1-11(2,3)17-10(13)12-5-4-9(6-12)7-16-8-18(14)15/h9,18H,4-8H2,1-3H3/t9-/m0/s1. The lowest BCUT2D eigenvalue weighted by Crippen LogP contribution is -2.35. The second-order valence-corrected chi connectivity index (χ2v) is 6.34. The fourth-order valence-corrected chi connectivity index (χ4v) is 2.01. The van der Waals surface area contributed by atoms with Gasteiger partial charge < -0.3 is 14.4 Å². The van der Waals surface area contributed by atoms with Crippen molar-refractivity contribution < 1.29 is 22.7 Å². The minimum atomic E-state index is -2.49. The molecule has 0 saturated carbocycles. The van der Waals surface area contributed by atoms with Crippen LogP contribution in [0.2, 0.25) is 0 Å². The normalized spacial score (nSPS) is 20.4. The molecule has 0 aromatic carbocycles. The summed E-state index contributed by atoms with van der Waals surface area (Å²) in [6.07, 6.45) is 0.495. The minimum absolute atomic E-state index is 0.187. The van der Waals surface area contributed by atoms with Crippen molar-refractivity contribution in [2.24, 2.45) is 5.92 Å². The molecule has 0 bridgehead atoms. The second kappa shape index (κ2) is 6.38. The maximum Gasteiger partial charge on any atom is 0.410 e. The lowest BCUT2D eigenvalue weighted by atomic mass is 10.1. The first kappa shape index (κ1) is 15.2. The molecular weight excluding hydrogens is 258 g/mol. The third-order valence-electron chi connectivity index (χ3n) is 2.49. The van der Waals surface area contributed by atoms with Gasteiger partial charge in [-0.15, -0.1) is 0 Å². The van der Waals surface area contributed by atoms with Gasteiger partial charge in [0.15, 0.2) is 10.7 Å². The van der Waals surface area contributed by atoms with Crippen LogP contribution in [0.4, 0.5) is 4.79 Å². The molecule has 0 aromatic heterocycles. The molecule has 0 spiro atoms. The van der Waals surface area contributed by atoms with Gasteiger partial charge in [0.05, 0.1) is 6.61 Å². The molecule has 0 unspecified atom stereocenters. The summed E-state index contributed by atoms with van der Waals surface area (Å²) in [5.41, 5.74) is -0.493. The van der Waals surface area contributed by atoms with Crippen molar-refractivity contribution in [3.63, 3.8) is 0 Å². The Bertz CT molecular complexity index is 353. The van der Waals surface area contributed by atoms with Gasteiger partial charge in [-0.25, -0.2) is 13.2 Å². The third kappa shape index (κ3) is 5.68. The van der Waals surface area contributed by atoms with E-state index in [-0.39, 0.29) is 18.0 Å². The van der Waals surface area contributed by atoms with Crippen molar-refractivity contribution in [3.8, 4) is 0 Å². The van der Waals surface area contributed by atoms with Crippen molar-refractivity contribution >= 4 is 16.8 Å². The molecule has 0 N–H and O–H groups in total. The van der Waals surface area contributed by atoms with Crippen LogP contribution in [0, 0.1) is 5.92 Å². The Morgan fingerprint density at radius 2 is 2.06 bits per heavy atom. The molecule has 1 aliphatic heterocycles. The Morgan fingerprint density at radius 3 is 2.61 bits per heavy atom. The summed E-state index contributed by atoms with van der Waals surface area (Å²) >= 11 is 0. The van der Waals surface area contributed by atoms with Crippen LogP contribution in [0.3, 0.4) is 0 Å². The highest BCUT2D eigenvalue weighted by Gasteiger charge is 2.29. The summed E-state index contributed by atoms with van der Waals surface area (Å²) in [5, 5.41) is 0. The first-order chi connectivity index (χ1) is 8.28. The van der Waals surface area contributed by atoms with Gasteiger partial charge in [-0.05, 0) is 27.2 Å². The molecule has 106 valence electrons.